The Morgan fingerprint density at radius 2 is 2.07 bits per heavy atom. The van der Waals surface area contributed by atoms with E-state index in [1.54, 1.807) is 25.2 Å². The molecule has 30 heavy (non-hydrogen) atoms. The first kappa shape index (κ1) is 24.0. The van der Waals surface area contributed by atoms with Gasteiger partial charge in [-0.1, -0.05) is 6.07 Å². The second kappa shape index (κ2) is 11.8. The van der Waals surface area contributed by atoms with Gasteiger partial charge in [0.2, 0.25) is 0 Å². The Balaban J connectivity index is 0.00000320. The zero-order valence-electron chi connectivity index (χ0n) is 17.1. The van der Waals surface area contributed by atoms with Gasteiger partial charge in [-0.15, -0.1) is 24.0 Å². The number of benzene rings is 1. The summed E-state index contributed by atoms with van der Waals surface area (Å²) >= 11 is 0. The number of halogens is 2. The summed E-state index contributed by atoms with van der Waals surface area (Å²) in [6, 6.07) is 8.11. The molecule has 1 atom stereocenters. The van der Waals surface area contributed by atoms with E-state index in [0.29, 0.717) is 37.3 Å². The van der Waals surface area contributed by atoms with E-state index in [4.69, 9.17) is 9.15 Å². The topological polar surface area (TPSA) is 87.9 Å². The molecule has 0 saturated heterocycles. The van der Waals surface area contributed by atoms with E-state index in [9.17, 15) is 9.18 Å². The molecular weight excluding hydrogens is 502 g/mol. The fourth-order valence-corrected chi connectivity index (χ4v) is 2.73. The standard InChI is InChI=1S/C21H27FN4O3.HI/c1-14(16-7-8-18(17(22)12-16)29-13-15-5-6-15)26-21(23-2)25-10-9-24-20(27)19-4-3-11-28-19;/h3-4,7-8,11-12,14-15H,5-6,9-10,13H2,1-2H3,(H,24,27)(H2,23,25,26);1H. The molecule has 7 nitrogen and oxygen atoms in total. The molecule has 0 spiro atoms. The number of furan rings is 1. The van der Waals surface area contributed by atoms with Gasteiger partial charge in [-0.05, 0) is 55.5 Å². The monoisotopic (exact) mass is 530 g/mol. The van der Waals surface area contributed by atoms with Gasteiger partial charge in [0.15, 0.2) is 23.3 Å². The van der Waals surface area contributed by atoms with Crippen molar-refractivity contribution in [3.63, 3.8) is 0 Å². The molecule has 1 unspecified atom stereocenters. The number of nitrogens with one attached hydrogen (secondary N) is 3. The van der Waals surface area contributed by atoms with Crippen LogP contribution >= 0.6 is 24.0 Å². The van der Waals surface area contributed by atoms with Crippen LogP contribution in [-0.2, 0) is 0 Å². The number of carbonyl (C=O) groups is 1. The minimum atomic E-state index is -0.361. The molecule has 2 aromatic rings. The molecule has 1 heterocycles. The third-order valence-electron chi connectivity index (χ3n) is 4.65. The van der Waals surface area contributed by atoms with E-state index < -0.39 is 0 Å². The number of hydrogen-bond donors (Lipinski definition) is 3. The highest BCUT2D eigenvalue weighted by molar-refractivity contribution is 14.0. The SMILES string of the molecule is CN=C(NCCNC(=O)c1ccco1)NC(C)c1ccc(OCC2CC2)c(F)c1.I. The Labute approximate surface area is 192 Å². The zero-order valence-corrected chi connectivity index (χ0v) is 19.4. The van der Waals surface area contributed by atoms with E-state index >= 15 is 0 Å². The maximum Gasteiger partial charge on any atom is 0.287 e. The molecule has 9 heteroatoms. The molecule has 1 aromatic heterocycles. The molecule has 1 aromatic carbocycles. The van der Waals surface area contributed by atoms with Gasteiger partial charge in [-0.25, -0.2) is 4.39 Å². The summed E-state index contributed by atoms with van der Waals surface area (Å²) in [5.41, 5.74) is 0.787. The molecule has 3 N–H and O–H groups in total. The molecule has 0 bridgehead atoms. The highest BCUT2D eigenvalue weighted by Crippen LogP contribution is 2.30. The van der Waals surface area contributed by atoms with Crippen LogP contribution in [0.4, 0.5) is 4.39 Å². The van der Waals surface area contributed by atoms with Crippen LogP contribution < -0.4 is 20.7 Å². The number of carbonyl (C=O) groups excluding carboxylic acids is 1. The molecule has 1 aliphatic carbocycles. The van der Waals surface area contributed by atoms with E-state index in [1.807, 2.05) is 13.0 Å². The van der Waals surface area contributed by atoms with E-state index in [2.05, 4.69) is 20.9 Å². The molecule has 164 valence electrons. The molecule has 0 radical (unpaired) electrons. The summed E-state index contributed by atoms with van der Waals surface area (Å²) in [6.07, 6.45) is 3.79. The Morgan fingerprint density at radius 3 is 2.70 bits per heavy atom. The van der Waals surface area contributed by atoms with Crippen LogP contribution in [0, 0.1) is 11.7 Å². The zero-order chi connectivity index (χ0) is 20.6. The van der Waals surface area contributed by atoms with Crippen LogP contribution in [0.1, 0.15) is 41.9 Å². The maximum atomic E-state index is 14.3. The molecule has 3 rings (SSSR count). The van der Waals surface area contributed by atoms with Gasteiger partial charge < -0.3 is 25.1 Å². The average molecular weight is 530 g/mol. The highest BCUT2D eigenvalue weighted by Gasteiger charge is 2.22. The van der Waals surface area contributed by atoms with Gasteiger partial charge in [0, 0.05) is 20.1 Å². The first-order valence-electron chi connectivity index (χ1n) is 9.78. The van der Waals surface area contributed by atoms with Crippen LogP contribution in [0.25, 0.3) is 0 Å². The van der Waals surface area contributed by atoms with Crippen molar-refractivity contribution in [1.29, 1.82) is 0 Å². The van der Waals surface area contributed by atoms with Crippen molar-refractivity contribution < 1.29 is 18.3 Å². The number of rotatable bonds is 9. The first-order chi connectivity index (χ1) is 14.1. The van der Waals surface area contributed by atoms with Crippen LogP contribution in [0.15, 0.2) is 46.0 Å². The number of guanidine groups is 1. The number of amides is 1. The second-order valence-corrected chi connectivity index (χ2v) is 7.04. The van der Waals surface area contributed by atoms with Crippen LogP contribution in [0.2, 0.25) is 0 Å². The molecule has 1 aliphatic rings. The number of aliphatic imine (C=N–C) groups is 1. The lowest BCUT2D eigenvalue weighted by Gasteiger charge is -2.19. The fourth-order valence-electron chi connectivity index (χ4n) is 2.73. The van der Waals surface area contributed by atoms with Crippen molar-refractivity contribution >= 4 is 35.8 Å². The van der Waals surface area contributed by atoms with Crippen molar-refractivity contribution in [2.75, 3.05) is 26.7 Å². The van der Waals surface area contributed by atoms with Gasteiger partial charge in [-0.3, -0.25) is 9.79 Å². The van der Waals surface area contributed by atoms with Gasteiger partial charge in [0.25, 0.3) is 5.91 Å². The van der Waals surface area contributed by atoms with Crippen LogP contribution in [-0.4, -0.2) is 38.6 Å². The summed E-state index contributed by atoms with van der Waals surface area (Å²) in [5, 5.41) is 9.06. The Bertz CT molecular complexity index is 841. The predicted octanol–water partition coefficient (Wildman–Crippen LogP) is 3.48. The minimum Gasteiger partial charge on any atom is -0.490 e. The predicted molar refractivity (Wildman–Crippen MR) is 124 cm³/mol. The highest BCUT2D eigenvalue weighted by atomic mass is 127. The lowest BCUT2D eigenvalue weighted by atomic mass is 10.1. The normalized spacial score (nSPS) is 14.4. The number of nitrogens with zero attached hydrogens (tertiary/aromatic N) is 1. The van der Waals surface area contributed by atoms with E-state index in [-0.39, 0.29) is 47.5 Å². The third-order valence-corrected chi connectivity index (χ3v) is 4.65. The first-order valence-corrected chi connectivity index (χ1v) is 9.78. The average Bonchev–Trinajstić information content (AvgIpc) is 3.38. The molecule has 1 fully saturated rings. The summed E-state index contributed by atoms with van der Waals surface area (Å²) in [4.78, 5) is 16.0. The van der Waals surface area contributed by atoms with Crippen LogP contribution in [0.3, 0.4) is 0 Å². The van der Waals surface area contributed by atoms with Gasteiger partial charge in [-0.2, -0.15) is 0 Å². The van der Waals surface area contributed by atoms with Crippen molar-refractivity contribution in [3.8, 4) is 5.75 Å². The second-order valence-electron chi connectivity index (χ2n) is 7.04. The lowest BCUT2D eigenvalue weighted by molar-refractivity contribution is 0.0926. The molecule has 1 amide bonds. The quantitative estimate of drug-likeness (QED) is 0.200. The Morgan fingerprint density at radius 1 is 1.30 bits per heavy atom. The van der Waals surface area contributed by atoms with Gasteiger partial charge in [0.05, 0.1) is 18.9 Å². The van der Waals surface area contributed by atoms with Crippen molar-refractivity contribution in [2.45, 2.75) is 25.8 Å². The van der Waals surface area contributed by atoms with Crippen molar-refractivity contribution in [2.24, 2.45) is 10.9 Å². The smallest absolute Gasteiger partial charge is 0.287 e. The van der Waals surface area contributed by atoms with Crippen molar-refractivity contribution in [1.82, 2.24) is 16.0 Å². The summed E-state index contributed by atoms with van der Waals surface area (Å²) in [6.45, 7) is 3.37. The minimum absolute atomic E-state index is 0. The van der Waals surface area contributed by atoms with Gasteiger partial charge in [0.1, 0.15) is 0 Å². The fraction of sp³-hybridized carbons (Fsp3) is 0.429. The molecule has 1 saturated carbocycles. The number of hydrogen-bond acceptors (Lipinski definition) is 4. The summed E-state index contributed by atoms with van der Waals surface area (Å²) in [5.74, 6) is 1.07. The van der Waals surface area contributed by atoms with Crippen molar-refractivity contribution in [3.05, 3.63) is 53.7 Å². The largest absolute Gasteiger partial charge is 0.490 e. The van der Waals surface area contributed by atoms with E-state index in [1.165, 1.54) is 25.2 Å². The lowest BCUT2D eigenvalue weighted by Crippen LogP contribution is -2.42. The Kier molecular flexibility index (Phi) is 9.41. The maximum absolute atomic E-state index is 14.3. The molecule has 0 aliphatic heterocycles. The number of ether oxygens (including phenoxy) is 1. The summed E-state index contributed by atoms with van der Waals surface area (Å²) in [7, 11) is 1.65. The Hall–Kier alpha value is -2.30. The van der Waals surface area contributed by atoms with Gasteiger partial charge >= 0.3 is 0 Å². The third kappa shape index (κ3) is 7.19. The van der Waals surface area contributed by atoms with E-state index in [0.717, 1.165) is 5.56 Å². The summed E-state index contributed by atoms with van der Waals surface area (Å²) < 4.78 is 24.9. The van der Waals surface area contributed by atoms with Crippen LogP contribution in [0.5, 0.6) is 5.75 Å². The molecular formula is C21H28FIN4O3.